The molecule has 0 fully saturated rings. The molecule has 0 amide bonds. The lowest BCUT2D eigenvalue weighted by molar-refractivity contribution is -0.161. The van der Waals surface area contributed by atoms with Gasteiger partial charge in [0.25, 0.3) is 0 Å². The molecule has 58 heavy (non-hydrogen) atoms. The van der Waals surface area contributed by atoms with Gasteiger partial charge in [0.15, 0.2) is 6.10 Å². The monoisotopic (exact) mass is 841 g/mol. The van der Waals surface area contributed by atoms with Crippen LogP contribution in [0.15, 0.2) is 24.3 Å². The minimum atomic E-state index is -4.76. The molecule has 0 spiro atoms. The Morgan fingerprint density at radius 2 is 0.776 bits per heavy atom. The van der Waals surface area contributed by atoms with Crippen LogP contribution < -0.4 is 0 Å². The zero-order valence-corrected chi connectivity index (χ0v) is 38.9. The molecule has 1 atom stereocenters. The third-order valence-corrected chi connectivity index (χ3v) is 11.5. The van der Waals surface area contributed by atoms with Gasteiger partial charge in [0.2, 0.25) is 0 Å². The largest absolute Gasteiger partial charge is 0.469 e. The van der Waals surface area contributed by atoms with Gasteiger partial charge in [0, 0.05) is 12.8 Å². The first kappa shape index (κ1) is 56.5. The maximum Gasteiger partial charge on any atom is 0.469 e. The van der Waals surface area contributed by atoms with Gasteiger partial charge in [-0.05, 0) is 44.9 Å². The normalized spacial score (nSPS) is 12.6. The highest BCUT2D eigenvalue weighted by Gasteiger charge is 2.23. The summed E-state index contributed by atoms with van der Waals surface area (Å²) in [6.45, 7) is 3.70. The number of hydrogen-bond acceptors (Lipinski definition) is 6. The van der Waals surface area contributed by atoms with Crippen LogP contribution in [0.3, 0.4) is 0 Å². The fourth-order valence-electron chi connectivity index (χ4n) is 7.29. The van der Waals surface area contributed by atoms with E-state index in [4.69, 9.17) is 19.3 Å². The van der Waals surface area contributed by atoms with Gasteiger partial charge in [-0.2, -0.15) is 0 Å². The van der Waals surface area contributed by atoms with Crippen molar-refractivity contribution >= 4 is 19.8 Å². The predicted octanol–water partition coefficient (Wildman–Crippen LogP) is 15.5. The van der Waals surface area contributed by atoms with Gasteiger partial charge in [0.05, 0.1) is 6.61 Å². The number of carbonyl (C=O) groups excluding carboxylic acids is 2. The first-order valence-corrected chi connectivity index (χ1v) is 26.2. The third kappa shape index (κ3) is 47.2. The molecule has 0 heterocycles. The molecule has 8 nitrogen and oxygen atoms in total. The molecule has 342 valence electrons. The molecule has 0 rings (SSSR count). The fourth-order valence-corrected chi connectivity index (χ4v) is 7.65. The lowest BCUT2D eigenvalue weighted by Gasteiger charge is -2.18. The quantitative estimate of drug-likeness (QED) is 0.0269. The summed E-state index contributed by atoms with van der Waals surface area (Å²) in [5.41, 5.74) is 0. The smallest absolute Gasteiger partial charge is 0.462 e. The Hall–Kier alpha value is -1.47. The van der Waals surface area contributed by atoms with Gasteiger partial charge in [0.1, 0.15) is 6.61 Å². The Balaban J connectivity index is 3.79. The van der Waals surface area contributed by atoms with Crippen LogP contribution in [0.4, 0.5) is 0 Å². The highest BCUT2D eigenvalue weighted by atomic mass is 31.2. The molecular weight excluding hydrogens is 748 g/mol. The molecule has 0 saturated carbocycles. The van der Waals surface area contributed by atoms with Crippen LogP contribution >= 0.6 is 7.82 Å². The molecule has 1 unspecified atom stereocenters. The molecule has 0 aromatic rings. The average Bonchev–Trinajstić information content (AvgIpc) is 3.20. The number of unbranched alkanes of at least 4 members (excludes halogenated alkanes) is 32. The summed E-state index contributed by atoms with van der Waals surface area (Å²) in [6.07, 6.45) is 53.4. The average molecular weight is 841 g/mol. The molecule has 0 aromatic heterocycles. The van der Waals surface area contributed by atoms with E-state index in [2.05, 4.69) is 42.7 Å². The summed E-state index contributed by atoms with van der Waals surface area (Å²) in [5.74, 6) is -0.880. The number of allylic oxidation sites excluding steroid dienone is 4. The molecule has 0 radical (unpaired) electrons. The first-order chi connectivity index (χ1) is 28.3. The first-order valence-electron chi connectivity index (χ1n) is 24.6. The number of esters is 2. The number of ether oxygens (including phenoxy) is 2. The highest BCUT2D eigenvalue weighted by molar-refractivity contribution is 7.46. The second-order valence-corrected chi connectivity index (χ2v) is 18.0. The van der Waals surface area contributed by atoms with Crippen LogP contribution in [0.25, 0.3) is 0 Å². The Bertz CT molecular complexity index is 993. The van der Waals surface area contributed by atoms with E-state index in [1.54, 1.807) is 0 Å². The lowest BCUT2D eigenvalue weighted by Crippen LogP contribution is -2.29. The second kappa shape index (κ2) is 45.1. The van der Waals surface area contributed by atoms with Crippen LogP contribution in [0.5, 0.6) is 0 Å². The van der Waals surface area contributed by atoms with Crippen molar-refractivity contribution in [2.24, 2.45) is 0 Å². The zero-order chi connectivity index (χ0) is 42.5. The molecule has 0 bridgehead atoms. The van der Waals surface area contributed by atoms with Gasteiger partial charge >= 0.3 is 19.8 Å². The standard InChI is InChI=1S/C49H93O8P/c1-3-5-7-9-11-13-15-17-19-21-22-23-24-25-26-28-29-31-33-35-37-39-41-43-48(50)55-45-47(46-56-58(52,53)54)57-49(51)44-42-40-38-36-34-32-30-27-20-18-16-14-12-10-8-6-4-2/h12,14,18,20,47H,3-11,13,15-17,19,21-46H2,1-2H3,(H2,52,53,54)/b14-12-,20-18-. The molecule has 0 aliphatic rings. The molecule has 2 N–H and O–H groups in total. The minimum Gasteiger partial charge on any atom is -0.462 e. The number of phosphoric acid groups is 1. The van der Waals surface area contributed by atoms with E-state index in [-0.39, 0.29) is 19.4 Å². The summed E-state index contributed by atoms with van der Waals surface area (Å²) in [6, 6.07) is 0. The van der Waals surface area contributed by atoms with E-state index in [0.717, 1.165) is 51.4 Å². The third-order valence-electron chi connectivity index (χ3n) is 11.0. The summed E-state index contributed by atoms with van der Waals surface area (Å²) in [4.78, 5) is 43.0. The number of carbonyl (C=O) groups is 2. The Kier molecular flexibility index (Phi) is 43.9. The molecular formula is C49H93O8P. The van der Waals surface area contributed by atoms with E-state index in [1.165, 1.54) is 173 Å². The van der Waals surface area contributed by atoms with Gasteiger partial charge in [-0.1, -0.05) is 224 Å². The van der Waals surface area contributed by atoms with E-state index in [1.807, 2.05) is 0 Å². The molecule has 0 aliphatic heterocycles. The summed E-state index contributed by atoms with van der Waals surface area (Å²) in [7, 11) is -4.76. The fraction of sp³-hybridized carbons (Fsp3) is 0.878. The lowest BCUT2D eigenvalue weighted by atomic mass is 10.0. The SMILES string of the molecule is CCCCC/C=C\C/C=C\CCCCCCCCCC(=O)OC(COC(=O)CCCCCCCCCCCCCCCCCCCCCCCCC)COP(=O)(O)O. The minimum absolute atomic E-state index is 0.206. The number of phosphoric ester groups is 1. The molecule has 0 aliphatic carbocycles. The van der Waals surface area contributed by atoms with Gasteiger partial charge in [-0.25, -0.2) is 4.57 Å². The van der Waals surface area contributed by atoms with Crippen molar-refractivity contribution in [3.05, 3.63) is 24.3 Å². The van der Waals surface area contributed by atoms with Crippen molar-refractivity contribution in [1.82, 2.24) is 0 Å². The van der Waals surface area contributed by atoms with Gasteiger partial charge < -0.3 is 19.3 Å². The van der Waals surface area contributed by atoms with E-state index >= 15 is 0 Å². The number of hydrogen-bond donors (Lipinski definition) is 2. The highest BCUT2D eigenvalue weighted by Crippen LogP contribution is 2.36. The summed E-state index contributed by atoms with van der Waals surface area (Å²) < 4.78 is 26.5. The Morgan fingerprint density at radius 3 is 1.17 bits per heavy atom. The van der Waals surface area contributed by atoms with Crippen molar-refractivity contribution in [2.45, 2.75) is 264 Å². The maximum atomic E-state index is 12.4. The van der Waals surface area contributed by atoms with Crippen LogP contribution in [-0.2, 0) is 28.2 Å². The van der Waals surface area contributed by atoms with Crippen LogP contribution in [0.2, 0.25) is 0 Å². The summed E-state index contributed by atoms with van der Waals surface area (Å²) in [5, 5.41) is 0. The maximum absolute atomic E-state index is 12.4. The molecule has 9 heteroatoms. The van der Waals surface area contributed by atoms with Gasteiger partial charge in [-0.3, -0.25) is 14.1 Å². The number of rotatable bonds is 46. The zero-order valence-electron chi connectivity index (χ0n) is 38.0. The van der Waals surface area contributed by atoms with Crippen LogP contribution in [0, 0.1) is 0 Å². The molecule has 0 saturated heterocycles. The Labute approximate surface area is 358 Å². The topological polar surface area (TPSA) is 119 Å². The van der Waals surface area contributed by atoms with E-state index < -0.39 is 32.5 Å². The molecule has 0 aromatic carbocycles. The van der Waals surface area contributed by atoms with Crippen molar-refractivity contribution in [2.75, 3.05) is 13.2 Å². The van der Waals surface area contributed by atoms with Crippen molar-refractivity contribution in [3.63, 3.8) is 0 Å². The van der Waals surface area contributed by atoms with E-state index in [0.29, 0.717) is 6.42 Å². The van der Waals surface area contributed by atoms with E-state index in [9.17, 15) is 14.2 Å². The summed E-state index contributed by atoms with van der Waals surface area (Å²) >= 11 is 0. The predicted molar refractivity (Wildman–Crippen MR) is 244 cm³/mol. The van der Waals surface area contributed by atoms with Crippen LogP contribution in [-0.4, -0.2) is 41.0 Å². The second-order valence-electron chi connectivity index (χ2n) is 16.8. The van der Waals surface area contributed by atoms with Crippen molar-refractivity contribution in [1.29, 1.82) is 0 Å². The van der Waals surface area contributed by atoms with Gasteiger partial charge in [-0.15, -0.1) is 0 Å². The van der Waals surface area contributed by atoms with Crippen LogP contribution in [0.1, 0.15) is 258 Å². The van der Waals surface area contributed by atoms with Crippen molar-refractivity contribution in [3.8, 4) is 0 Å². The Morgan fingerprint density at radius 1 is 0.448 bits per heavy atom. The van der Waals surface area contributed by atoms with Crippen molar-refractivity contribution < 1.29 is 37.9 Å².